The summed E-state index contributed by atoms with van der Waals surface area (Å²) in [4.78, 5) is 11.9. The molecule has 0 radical (unpaired) electrons. The molecule has 0 aromatic heterocycles. The monoisotopic (exact) mass is 502 g/mol. The summed E-state index contributed by atoms with van der Waals surface area (Å²) in [5, 5.41) is 60.3. The van der Waals surface area contributed by atoms with Gasteiger partial charge in [0.25, 0.3) is 0 Å². The molecule has 10 atom stereocenters. The lowest BCUT2D eigenvalue weighted by Crippen LogP contribution is -2.60. The molecule has 0 unspecified atom stereocenters. The van der Waals surface area contributed by atoms with Crippen molar-refractivity contribution in [1.82, 2.24) is 0 Å². The summed E-state index contributed by atoms with van der Waals surface area (Å²) in [6.07, 6.45) is -8.47. The predicted molar refractivity (Wildman–Crippen MR) is 121 cm³/mol. The van der Waals surface area contributed by atoms with E-state index in [0.29, 0.717) is 12.8 Å². The number of ketones is 1. The fraction of sp³-hybridized carbons (Fsp3) is 0.792. The van der Waals surface area contributed by atoms with Crippen LogP contribution in [0.15, 0.2) is 23.3 Å². The lowest BCUT2D eigenvalue weighted by Gasteiger charge is -2.42. The summed E-state index contributed by atoms with van der Waals surface area (Å²) in [6.45, 7) is 7.06. The second kappa shape index (κ2) is 11.4. The first-order valence-corrected chi connectivity index (χ1v) is 11.9. The Kier molecular flexibility index (Phi) is 9.25. The van der Waals surface area contributed by atoms with Crippen LogP contribution in [0.25, 0.3) is 0 Å². The van der Waals surface area contributed by atoms with E-state index in [1.54, 1.807) is 13.0 Å². The van der Waals surface area contributed by atoms with Crippen LogP contribution in [0.2, 0.25) is 0 Å². The van der Waals surface area contributed by atoms with Gasteiger partial charge in [-0.2, -0.15) is 0 Å². The number of hydrogen-bond donors (Lipinski definition) is 6. The second-order valence-corrected chi connectivity index (χ2v) is 10.3. The molecule has 1 aliphatic carbocycles. The molecule has 35 heavy (non-hydrogen) atoms. The highest BCUT2D eigenvalue weighted by Crippen LogP contribution is 2.39. The molecule has 0 amide bonds. The molecule has 0 aromatic carbocycles. The molecule has 0 spiro atoms. The molecular formula is C24H38O11. The summed E-state index contributed by atoms with van der Waals surface area (Å²) >= 11 is 0. The molecule has 11 heteroatoms. The van der Waals surface area contributed by atoms with Crippen molar-refractivity contribution in [2.24, 2.45) is 5.41 Å². The van der Waals surface area contributed by atoms with Gasteiger partial charge in [0.2, 0.25) is 0 Å². The van der Waals surface area contributed by atoms with Crippen LogP contribution in [0.1, 0.15) is 40.5 Å². The third-order valence-electron chi connectivity index (χ3n) is 6.72. The largest absolute Gasteiger partial charge is 0.388 e. The number of ether oxygens (including phenoxy) is 4. The molecule has 0 saturated carbocycles. The lowest BCUT2D eigenvalue weighted by atomic mass is 9.72. The minimum absolute atomic E-state index is 0.0883. The molecule has 6 N–H and O–H groups in total. The highest BCUT2D eigenvalue weighted by molar-refractivity contribution is 5.93. The van der Waals surface area contributed by atoms with Gasteiger partial charge in [-0.15, -0.1) is 0 Å². The Hall–Kier alpha value is -1.25. The first kappa shape index (κ1) is 28.3. The number of rotatable bonds is 7. The molecule has 2 saturated heterocycles. The molecule has 3 aliphatic rings. The maximum Gasteiger partial charge on any atom is 0.186 e. The van der Waals surface area contributed by atoms with Crippen molar-refractivity contribution < 1.29 is 54.4 Å². The van der Waals surface area contributed by atoms with Crippen molar-refractivity contribution in [1.29, 1.82) is 0 Å². The maximum atomic E-state index is 11.9. The van der Waals surface area contributed by atoms with Crippen LogP contribution < -0.4 is 0 Å². The van der Waals surface area contributed by atoms with E-state index in [1.807, 2.05) is 26.8 Å². The Labute approximate surface area is 204 Å². The first-order valence-electron chi connectivity index (χ1n) is 11.9. The maximum absolute atomic E-state index is 11.9. The van der Waals surface area contributed by atoms with E-state index in [4.69, 9.17) is 18.9 Å². The van der Waals surface area contributed by atoms with E-state index in [-0.39, 0.29) is 24.4 Å². The molecule has 2 fully saturated rings. The Morgan fingerprint density at radius 1 is 1.06 bits per heavy atom. The third-order valence-corrected chi connectivity index (χ3v) is 6.72. The molecule has 11 nitrogen and oxygen atoms in total. The molecule has 0 aromatic rings. The van der Waals surface area contributed by atoms with Gasteiger partial charge in [0.05, 0.1) is 19.3 Å². The number of carbonyl (C=O) groups is 1. The van der Waals surface area contributed by atoms with Crippen LogP contribution in [0.4, 0.5) is 0 Å². The van der Waals surface area contributed by atoms with E-state index in [2.05, 4.69) is 0 Å². The van der Waals surface area contributed by atoms with Crippen LogP contribution in [-0.4, -0.2) is 111 Å². The fourth-order valence-corrected chi connectivity index (χ4v) is 4.72. The summed E-state index contributed by atoms with van der Waals surface area (Å²) < 4.78 is 22.1. The van der Waals surface area contributed by atoms with Crippen molar-refractivity contribution in [3.05, 3.63) is 23.3 Å². The van der Waals surface area contributed by atoms with Gasteiger partial charge in [-0.25, -0.2) is 0 Å². The highest BCUT2D eigenvalue weighted by atomic mass is 16.7. The van der Waals surface area contributed by atoms with Gasteiger partial charge in [0.1, 0.15) is 42.7 Å². The summed E-state index contributed by atoms with van der Waals surface area (Å²) in [7, 11) is 0. The van der Waals surface area contributed by atoms with E-state index in [0.717, 1.165) is 11.1 Å². The topological polar surface area (TPSA) is 175 Å². The predicted octanol–water partition coefficient (Wildman–Crippen LogP) is -1.08. The Bertz CT molecular complexity index is 809. The standard InChI is InChI=1S/C24H38O11/c1-11-7-13(25)8-24(3,4)14(11)6-5-12(2)34-23-21(31)19(29)18(28)16(35-23)10-33-22-20(30)17(27)15(26)9-32-22/h6-7,12,15-23,26-31H,5,8-10H2,1-4H3/b14-6+/t12-,15+,16+,17-,18+,19-,20+,21+,22-,23+/m0/s1. The van der Waals surface area contributed by atoms with Crippen LogP contribution in [0.3, 0.4) is 0 Å². The van der Waals surface area contributed by atoms with Gasteiger partial charge in [-0.1, -0.05) is 19.9 Å². The fourth-order valence-electron chi connectivity index (χ4n) is 4.72. The molecule has 2 aliphatic heterocycles. The molecule has 200 valence electrons. The summed E-state index contributed by atoms with van der Waals surface area (Å²) in [6, 6.07) is 0. The number of carbonyl (C=O) groups excluding carboxylic acids is 1. The van der Waals surface area contributed by atoms with Gasteiger partial charge >= 0.3 is 0 Å². The van der Waals surface area contributed by atoms with Crippen LogP contribution in [0, 0.1) is 5.41 Å². The van der Waals surface area contributed by atoms with Gasteiger partial charge in [-0.05, 0) is 42.9 Å². The number of aliphatic hydroxyl groups excluding tert-OH is 6. The lowest BCUT2D eigenvalue weighted by molar-refractivity contribution is -0.326. The Morgan fingerprint density at radius 3 is 2.37 bits per heavy atom. The van der Waals surface area contributed by atoms with Crippen molar-refractivity contribution in [2.45, 2.75) is 102 Å². The average Bonchev–Trinajstić information content (AvgIpc) is 2.76. The van der Waals surface area contributed by atoms with E-state index in [1.165, 1.54) is 0 Å². The quantitative estimate of drug-likeness (QED) is 0.250. The summed E-state index contributed by atoms with van der Waals surface area (Å²) in [5.41, 5.74) is 1.62. The molecule has 3 rings (SSSR count). The van der Waals surface area contributed by atoms with Crippen LogP contribution in [-0.2, 0) is 23.7 Å². The number of allylic oxidation sites excluding steroid dienone is 3. The van der Waals surface area contributed by atoms with E-state index in [9.17, 15) is 35.4 Å². The van der Waals surface area contributed by atoms with E-state index < -0.39 is 61.4 Å². The average molecular weight is 503 g/mol. The van der Waals surface area contributed by atoms with Crippen molar-refractivity contribution >= 4 is 5.78 Å². The zero-order valence-corrected chi connectivity index (χ0v) is 20.5. The molecule has 0 bridgehead atoms. The highest BCUT2D eigenvalue weighted by Gasteiger charge is 2.46. The van der Waals surface area contributed by atoms with Crippen molar-refractivity contribution in [3.8, 4) is 0 Å². The van der Waals surface area contributed by atoms with Crippen molar-refractivity contribution in [3.63, 3.8) is 0 Å². The van der Waals surface area contributed by atoms with Gasteiger partial charge in [0, 0.05) is 6.42 Å². The number of aliphatic hydroxyl groups is 6. The molecule has 2 heterocycles. The third kappa shape index (κ3) is 6.55. The minimum atomic E-state index is -1.58. The van der Waals surface area contributed by atoms with Gasteiger partial charge in [-0.3, -0.25) is 4.79 Å². The normalized spacial score (nSPS) is 42.1. The first-order chi connectivity index (χ1) is 16.3. The minimum Gasteiger partial charge on any atom is -0.388 e. The number of hydrogen-bond acceptors (Lipinski definition) is 11. The van der Waals surface area contributed by atoms with Crippen molar-refractivity contribution in [2.75, 3.05) is 13.2 Å². The smallest absolute Gasteiger partial charge is 0.186 e. The molecular weight excluding hydrogens is 464 g/mol. The zero-order chi connectivity index (χ0) is 26.1. The SMILES string of the molecule is CC1=CC(=O)CC(C)(C)/C1=C/C[C@H](C)O[C@@H]1O[C@H](CO[C@@H]2OC[C@@H](O)[C@H](O)[C@H]2O)[C@@H](O)[C@H](O)[C@H]1O. The van der Waals surface area contributed by atoms with E-state index >= 15 is 0 Å². The second-order valence-electron chi connectivity index (χ2n) is 10.3. The van der Waals surface area contributed by atoms with Crippen LogP contribution in [0.5, 0.6) is 0 Å². The van der Waals surface area contributed by atoms with Gasteiger partial charge in [0.15, 0.2) is 18.4 Å². The Morgan fingerprint density at radius 2 is 1.71 bits per heavy atom. The van der Waals surface area contributed by atoms with Crippen LogP contribution >= 0.6 is 0 Å². The van der Waals surface area contributed by atoms with Gasteiger partial charge < -0.3 is 49.6 Å². The summed E-state index contributed by atoms with van der Waals surface area (Å²) in [5.74, 6) is 0.0883. The zero-order valence-electron chi connectivity index (χ0n) is 20.5. The Balaban J connectivity index is 1.59.